The molecule has 4 N–H and O–H groups in total. The van der Waals surface area contributed by atoms with Gasteiger partial charge in [0.15, 0.2) is 5.82 Å². The van der Waals surface area contributed by atoms with Crippen LogP contribution in [-0.4, -0.2) is 46.1 Å². The Balaban J connectivity index is 1.96. The summed E-state index contributed by atoms with van der Waals surface area (Å²) in [6, 6.07) is 18.5. The van der Waals surface area contributed by atoms with Crippen molar-refractivity contribution in [2.75, 3.05) is 18.4 Å². The van der Waals surface area contributed by atoms with E-state index in [9.17, 15) is 9.90 Å². The van der Waals surface area contributed by atoms with Gasteiger partial charge in [-0.15, -0.1) is 10.2 Å². The van der Waals surface area contributed by atoms with Crippen LogP contribution >= 0.6 is 11.6 Å². The summed E-state index contributed by atoms with van der Waals surface area (Å²) in [5.41, 5.74) is 2.42. The highest BCUT2D eigenvalue weighted by molar-refractivity contribution is 6.38. The Morgan fingerprint density at radius 2 is 1.73 bits per heavy atom. The lowest BCUT2D eigenvalue weighted by Crippen LogP contribution is -2.35. The van der Waals surface area contributed by atoms with Crippen LogP contribution in [0.4, 0.5) is 5.82 Å². The number of nitrogens with one attached hydrogen (secondary N) is 3. The molecule has 1 atom stereocenters. The zero-order valence-corrected chi connectivity index (χ0v) is 17.1. The van der Waals surface area contributed by atoms with Crippen molar-refractivity contribution in [1.29, 1.82) is 5.41 Å². The lowest BCUT2D eigenvalue weighted by atomic mass is 10.0. The molecule has 8 heteroatoms. The second-order valence-corrected chi connectivity index (χ2v) is 7.08. The third kappa shape index (κ3) is 5.20. The second kappa shape index (κ2) is 9.96. The van der Waals surface area contributed by atoms with Crippen molar-refractivity contribution in [2.24, 2.45) is 0 Å². The number of anilines is 1. The molecule has 7 nitrogen and oxygen atoms in total. The molecule has 0 fully saturated rings. The molecule has 2 aromatic carbocycles. The molecule has 0 radical (unpaired) electrons. The number of aliphatic hydroxyl groups excluding tert-OH is 1. The molecule has 3 rings (SSSR count). The molecule has 1 unspecified atom stereocenters. The minimum atomic E-state index is -0.643. The number of hydrogen-bond acceptors (Lipinski definition) is 6. The van der Waals surface area contributed by atoms with Gasteiger partial charge in [0.25, 0.3) is 0 Å². The SMILES string of the molecule is CC(O)CNC(=O)CNc1nnc(-c2ccccc2)c(Cl)c1C(=N)c1ccccc1. The van der Waals surface area contributed by atoms with Crippen LogP contribution in [0.5, 0.6) is 0 Å². The van der Waals surface area contributed by atoms with Gasteiger partial charge in [-0.05, 0) is 6.92 Å². The van der Waals surface area contributed by atoms with E-state index in [0.29, 0.717) is 16.8 Å². The van der Waals surface area contributed by atoms with E-state index >= 15 is 0 Å². The predicted octanol–water partition coefficient (Wildman–Crippen LogP) is 3.12. The molecule has 0 aliphatic heterocycles. The Labute approximate surface area is 179 Å². The average Bonchev–Trinajstić information content (AvgIpc) is 2.77. The number of benzene rings is 2. The quantitative estimate of drug-likeness (QED) is 0.416. The van der Waals surface area contributed by atoms with Gasteiger partial charge >= 0.3 is 0 Å². The molecule has 0 aliphatic rings. The molecule has 1 amide bonds. The van der Waals surface area contributed by atoms with Crippen molar-refractivity contribution in [3.63, 3.8) is 0 Å². The van der Waals surface area contributed by atoms with Crippen LogP contribution in [0, 0.1) is 5.41 Å². The van der Waals surface area contributed by atoms with Crippen molar-refractivity contribution in [3.05, 3.63) is 76.8 Å². The summed E-state index contributed by atoms with van der Waals surface area (Å²) in [7, 11) is 0. The highest BCUT2D eigenvalue weighted by Crippen LogP contribution is 2.33. The first-order chi connectivity index (χ1) is 14.5. The summed E-state index contributed by atoms with van der Waals surface area (Å²) in [5.74, 6) is -0.0844. The molecule has 0 spiro atoms. The van der Waals surface area contributed by atoms with Gasteiger partial charge in [-0.2, -0.15) is 0 Å². The minimum absolute atomic E-state index is 0.0997. The highest BCUT2D eigenvalue weighted by Gasteiger charge is 2.21. The van der Waals surface area contributed by atoms with Crippen LogP contribution in [0.1, 0.15) is 18.1 Å². The van der Waals surface area contributed by atoms with Gasteiger partial charge in [0, 0.05) is 17.7 Å². The lowest BCUT2D eigenvalue weighted by Gasteiger charge is -2.15. The molecule has 1 aromatic heterocycles. The summed E-state index contributed by atoms with van der Waals surface area (Å²) in [4.78, 5) is 12.0. The number of hydrogen-bond donors (Lipinski definition) is 4. The first-order valence-corrected chi connectivity index (χ1v) is 9.79. The van der Waals surface area contributed by atoms with E-state index < -0.39 is 6.10 Å². The Hall–Kier alpha value is -3.29. The van der Waals surface area contributed by atoms with Gasteiger partial charge in [0.2, 0.25) is 5.91 Å². The number of nitrogens with zero attached hydrogens (tertiary/aromatic N) is 2. The largest absolute Gasteiger partial charge is 0.392 e. The third-order valence-corrected chi connectivity index (χ3v) is 4.65. The zero-order valence-electron chi connectivity index (χ0n) is 16.4. The van der Waals surface area contributed by atoms with Gasteiger partial charge in [-0.1, -0.05) is 72.3 Å². The van der Waals surface area contributed by atoms with Crippen LogP contribution in [0.15, 0.2) is 60.7 Å². The monoisotopic (exact) mass is 423 g/mol. The number of halogens is 1. The maximum absolute atomic E-state index is 12.0. The van der Waals surface area contributed by atoms with Gasteiger partial charge in [-0.3, -0.25) is 10.2 Å². The van der Waals surface area contributed by atoms with Crippen LogP contribution in [0.25, 0.3) is 11.3 Å². The highest BCUT2D eigenvalue weighted by atomic mass is 35.5. The third-order valence-electron chi connectivity index (χ3n) is 4.28. The van der Waals surface area contributed by atoms with Crippen molar-refractivity contribution in [3.8, 4) is 11.3 Å². The molecule has 30 heavy (non-hydrogen) atoms. The van der Waals surface area contributed by atoms with Gasteiger partial charge in [0.1, 0.15) is 5.69 Å². The Kier molecular flexibility index (Phi) is 7.11. The summed E-state index contributed by atoms with van der Waals surface area (Å²) in [6.07, 6.45) is -0.643. The van der Waals surface area contributed by atoms with Crippen molar-refractivity contribution in [2.45, 2.75) is 13.0 Å². The molecular formula is C22H22ClN5O2. The molecule has 0 aliphatic carbocycles. The van der Waals surface area contributed by atoms with Crippen molar-refractivity contribution < 1.29 is 9.90 Å². The average molecular weight is 424 g/mol. The van der Waals surface area contributed by atoms with E-state index in [-0.39, 0.29) is 35.5 Å². The van der Waals surface area contributed by atoms with Crippen LogP contribution in [-0.2, 0) is 4.79 Å². The normalized spacial score (nSPS) is 11.6. The summed E-state index contributed by atoms with van der Waals surface area (Å²) >= 11 is 6.69. The van der Waals surface area contributed by atoms with E-state index in [1.54, 1.807) is 19.1 Å². The maximum atomic E-state index is 12.0. The zero-order chi connectivity index (χ0) is 21.5. The number of carbonyl (C=O) groups excluding carboxylic acids is 1. The molecule has 0 saturated heterocycles. The maximum Gasteiger partial charge on any atom is 0.239 e. The van der Waals surface area contributed by atoms with E-state index in [2.05, 4.69) is 20.8 Å². The smallest absolute Gasteiger partial charge is 0.239 e. The number of aromatic nitrogens is 2. The van der Waals surface area contributed by atoms with Crippen molar-refractivity contribution >= 4 is 29.0 Å². The predicted molar refractivity (Wildman–Crippen MR) is 118 cm³/mol. The standard InChI is InChI=1S/C22H22ClN5O2/c1-14(29)12-25-17(30)13-26-22-18(20(24)15-8-4-2-5-9-15)19(23)21(27-28-22)16-10-6-3-7-11-16/h2-11,14,24,29H,12-13H2,1H3,(H,25,30)(H,26,28). The number of rotatable bonds is 8. The summed E-state index contributed by atoms with van der Waals surface area (Å²) in [5, 5.41) is 32.2. The van der Waals surface area contributed by atoms with E-state index in [1.165, 1.54) is 0 Å². The van der Waals surface area contributed by atoms with E-state index in [4.69, 9.17) is 17.0 Å². The van der Waals surface area contributed by atoms with Crippen LogP contribution < -0.4 is 10.6 Å². The van der Waals surface area contributed by atoms with Crippen molar-refractivity contribution in [1.82, 2.24) is 15.5 Å². The second-order valence-electron chi connectivity index (χ2n) is 6.70. The Bertz CT molecular complexity index is 1030. The Morgan fingerprint density at radius 1 is 1.10 bits per heavy atom. The fraction of sp³-hybridized carbons (Fsp3) is 0.182. The van der Waals surface area contributed by atoms with Gasteiger partial charge in [0.05, 0.1) is 28.9 Å². The van der Waals surface area contributed by atoms with E-state index in [0.717, 1.165) is 5.56 Å². The molecule has 154 valence electrons. The van der Waals surface area contributed by atoms with Crippen LogP contribution in [0.3, 0.4) is 0 Å². The van der Waals surface area contributed by atoms with E-state index in [1.807, 2.05) is 48.5 Å². The fourth-order valence-electron chi connectivity index (χ4n) is 2.79. The first kappa shape index (κ1) is 21.4. The fourth-order valence-corrected chi connectivity index (χ4v) is 3.12. The molecule has 0 bridgehead atoms. The number of aliphatic hydroxyl groups is 1. The lowest BCUT2D eigenvalue weighted by molar-refractivity contribution is -0.119. The topological polar surface area (TPSA) is 111 Å². The van der Waals surface area contributed by atoms with Crippen LogP contribution in [0.2, 0.25) is 5.02 Å². The number of carbonyl (C=O) groups is 1. The molecule has 0 saturated carbocycles. The summed E-state index contributed by atoms with van der Waals surface area (Å²) in [6.45, 7) is 1.63. The molecule has 3 aromatic rings. The van der Waals surface area contributed by atoms with Gasteiger partial charge < -0.3 is 15.7 Å². The summed E-state index contributed by atoms with van der Waals surface area (Å²) < 4.78 is 0. The molecular weight excluding hydrogens is 402 g/mol. The molecule has 1 heterocycles. The first-order valence-electron chi connectivity index (χ1n) is 9.42. The van der Waals surface area contributed by atoms with Gasteiger partial charge in [-0.25, -0.2) is 0 Å². The number of amides is 1. The minimum Gasteiger partial charge on any atom is -0.392 e. The Morgan fingerprint density at radius 3 is 2.37 bits per heavy atom.